The van der Waals surface area contributed by atoms with Crippen molar-refractivity contribution in [3.05, 3.63) is 0 Å². The molecule has 2 rings (SSSR count). The summed E-state index contributed by atoms with van der Waals surface area (Å²) in [5.41, 5.74) is 0. The van der Waals surface area contributed by atoms with E-state index in [2.05, 4.69) is 5.32 Å². The molecule has 20 heavy (non-hydrogen) atoms. The van der Waals surface area contributed by atoms with Gasteiger partial charge in [-0.25, -0.2) is 0 Å². The number of nitrogens with zero attached hydrogens (tertiary/aromatic N) is 1. The summed E-state index contributed by atoms with van der Waals surface area (Å²) in [7, 11) is 1.30. The Morgan fingerprint density at radius 2 is 2.10 bits per heavy atom. The standard InChI is InChI=1S/C13H21F3N2O2/c1-20-12(19)11(17-10-4-5-10)8-18-6-2-3-9(7-18)13(14,15)16/h9-11,17H,2-8H2,1H3. The van der Waals surface area contributed by atoms with Crippen LogP contribution < -0.4 is 5.32 Å². The van der Waals surface area contributed by atoms with Gasteiger partial charge in [-0.05, 0) is 32.2 Å². The summed E-state index contributed by atoms with van der Waals surface area (Å²) in [6.45, 7) is 0.867. The second-order valence-corrected chi connectivity index (χ2v) is 5.66. The summed E-state index contributed by atoms with van der Waals surface area (Å²) in [5, 5.41) is 3.15. The minimum absolute atomic E-state index is 0.0245. The van der Waals surface area contributed by atoms with E-state index in [-0.39, 0.29) is 19.5 Å². The van der Waals surface area contributed by atoms with Crippen LogP contribution in [0.3, 0.4) is 0 Å². The molecule has 4 nitrogen and oxygen atoms in total. The molecule has 0 aromatic carbocycles. The van der Waals surface area contributed by atoms with E-state index in [1.807, 2.05) is 0 Å². The van der Waals surface area contributed by atoms with Crippen molar-refractivity contribution in [1.82, 2.24) is 10.2 Å². The molecule has 0 aromatic heterocycles. The van der Waals surface area contributed by atoms with Crippen LogP contribution in [-0.4, -0.2) is 55.9 Å². The highest BCUT2D eigenvalue weighted by Gasteiger charge is 2.42. The van der Waals surface area contributed by atoms with Crippen molar-refractivity contribution in [1.29, 1.82) is 0 Å². The van der Waals surface area contributed by atoms with E-state index in [0.29, 0.717) is 19.0 Å². The number of piperidine rings is 1. The highest BCUT2D eigenvalue weighted by atomic mass is 19.4. The van der Waals surface area contributed by atoms with E-state index >= 15 is 0 Å². The van der Waals surface area contributed by atoms with Gasteiger partial charge in [0.25, 0.3) is 0 Å². The van der Waals surface area contributed by atoms with Crippen molar-refractivity contribution in [3.8, 4) is 0 Å². The highest BCUT2D eigenvalue weighted by Crippen LogP contribution is 2.33. The molecule has 1 saturated carbocycles. The van der Waals surface area contributed by atoms with E-state index in [1.165, 1.54) is 7.11 Å². The fourth-order valence-corrected chi connectivity index (χ4v) is 2.62. The van der Waals surface area contributed by atoms with Crippen molar-refractivity contribution in [2.75, 3.05) is 26.7 Å². The monoisotopic (exact) mass is 294 g/mol. The first-order valence-corrected chi connectivity index (χ1v) is 7.03. The number of ether oxygens (including phenoxy) is 1. The lowest BCUT2D eigenvalue weighted by atomic mass is 9.97. The number of hydrogen-bond acceptors (Lipinski definition) is 4. The average molecular weight is 294 g/mol. The first kappa shape index (κ1) is 15.6. The number of carbonyl (C=O) groups excluding carboxylic acids is 1. The van der Waals surface area contributed by atoms with Crippen LogP contribution >= 0.6 is 0 Å². The summed E-state index contributed by atoms with van der Waals surface area (Å²) in [4.78, 5) is 13.4. The number of esters is 1. The number of halogens is 3. The minimum atomic E-state index is -4.15. The van der Waals surface area contributed by atoms with Crippen LogP contribution in [0.15, 0.2) is 0 Å². The van der Waals surface area contributed by atoms with E-state index in [4.69, 9.17) is 4.74 Å². The van der Waals surface area contributed by atoms with Gasteiger partial charge in [0, 0.05) is 19.1 Å². The van der Waals surface area contributed by atoms with Crippen molar-refractivity contribution in [2.24, 2.45) is 5.92 Å². The number of likely N-dealkylation sites (tertiary alicyclic amines) is 1. The van der Waals surface area contributed by atoms with Crippen LogP contribution in [0.4, 0.5) is 13.2 Å². The normalized spacial score (nSPS) is 26.3. The molecule has 1 aliphatic heterocycles. The van der Waals surface area contributed by atoms with E-state index in [1.54, 1.807) is 4.90 Å². The molecule has 116 valence electrons. The Bertz CT molecular complexity index is 345. The quantitative estimate of drug-likeness (QED) is 0.781. The van der Waals surface area contributed by atoms with Crippen LogP contribution in [0.5, 0.6) is 0 Å². The Labute approximate surface area is 116 Å². The van der Waals surface area contributed by atoms with Crippen LogP contribution in [0.25, 0.3) is 0 Å². The molecule has 2 atom stereocenters. The third-order valence-corrected chi connectivity index (χ3v) is 3.91. The predicted molar refractivity (Wildman–Crippen MR) is 67.2 cm³/mol. The molecule has 0 radical (unpaired) electrons. The largest absolute Gasteiger partial charge is 0.468 e. The van der Waals surface area contributed by atoms with Gasteiger partial charge in [0.2, 0.25) is 0 Å². The number of alkyl halides is 3. The van der Waals surface area contributed by atoms with Crippen molar-refractivity contribution in [3.63, 3.8) is 0 Å². The van der Waals surface area contributed by atoms with Crippen LogP contribution in [-0.2, 0) is 9.53 Å². The first-order chi connectivity index (χ1) is 9.40. The van der Waals surface area contributed by atoms with Gasteiger partial charge >= 0.3 is 12.1 Å². The molecule has 1 aliphatic carbocycles. The molecule has 0 aromatic rings. The Kier molecular flexibility index (Phi) is 4.90. The smallest absolute Gasteiger partial charge is 0.393 e. The fraction of sp³-hybridized carbons (Fsp3) is 0.923. The van der Waals surface area contributed by atoms with Gasteiger partial charge in [-0.3, -0.25) is 4.79 Å². The molecule has 1 N–H and O–H groups in total. The zero-order chi connectivity index (χ0) is 14.8. The molecule has 1 saturated heterocycles. The zero-order valence-electron chi connectivity index (χ0n) is 11.6. The molecule has 0 amide bonds. The Morgan fingerprint density at radius 3 is 2.65 bits per heavy atom. The molecule has 7 heteroatoms. The van der Waals surface area contributed by atoms with Crippen LogP contribution in [0.1, 0.15) is 25.7 Å². The molecule has 2 unspecified atom stereocenters. The van der Waals surface area contributed by atoms with E-state index < -0.39 is 24.1 Å². The Hall–Kier alpha value is -0.820. The molecule has 0 bridgehead atoms. The van der Waals surface area contributed by atoms with Gasteiger partial charge in [-0.1, -0.05) is 0 Å². The van der Waals surface area contributed by atoms with Gasteiger partial charge in [-0.15, -0.1) is 0 Å². The molecule has 2 fully saturated rings. The summed E-state index contributed by atoms with van der Waals surface area (Å²) in [5.74, 6) is -1.68. The maximum absolute atomic E-state index is 12.8. The highest BCUT2D eigenvalue weighted by molar-refractivity contribution is 5.76. The van der Waals surface area contributed by atoms with E-state index in [9.17, 15) is 18.0 Å². The van der Waals surface area contributed by atoms with Crippen LogP contribution in [0.2, 0.25) is 0 Å². The lowest BCUT2D eigenvalue weighted by Crippen LogP contribution is -2.51. The molecule has 0 spiro atoms. The maximum atomic E-state index is 12.8. The third-order valence-electron chi connectivity index (χ3n) is 3.91. The molecule has 2 aliphatic rings. The van der Waals surface area contributed by atoms with Crippen LogP contribution in [0, 0.1) is 5.92 Å². The SMILES string of the molecule is COC(=O)C(CN1CCCC(C(F)(F)F)C1)NC1CC1. The molecule has 1 heterocycles. The Balaban J connectivity index is 1.89. The first-order valence-electron chi connectivity index (χ1n) is 7.03. The number of carbonyl (C=O) groups is 1. The van der Waals surface area contributed by atoms with Gasteiger partial charge in [0.1, 0.15) is 6.04 Å². The number of hydrogen-bond donors (Lipinski definition) is 1. The number of rotatable bonds is 5. The number of methoxy groups -OCH3 is 1. The fourth-order valence-electron chi connectivity index (χ4n) is 2.62. The van der Waals surface area contributed by atoms with Crippen molar-refractivity contribution >= 4 is 5.97 Å². The Morgan fingerprint density at radius 1 is 1.40 bits per heavy atom. The predicted octanol–water partition coefficient (Wildman–Crippen LogP) is 1.55. The van der Waals surface area contributed by atoms with Crippen molar-refractivity contribution < 1.29 is 22.7 Å². The molecular weight excluding hydrogens is 273 g/mol. The third kappa shape index (κ3) is 4.34. The second-order valence-electron chi connectivity index (χ2n) is 5.66. The van der Waals surface area contributed by atoms with Gasteiger partial charge in [0.15, 0.2) is 0 Å². The maximum Gasteiger partial charge on any atom is 0.393 e. The van der Waals surface area contributed by atoms with Gasteiger partial charge in [-0.2, -0.15) is 13.2 Å². The van der Waals surface area contributed by atoms with Gasteiger partial charge < -0.3 is 15.0 Å². The summed E-state index contributed by atoms with van der Waals surface area (Å²) in [6, 6.07) is -0.221. The average Bonchev–Trinajstić information content (AvgIpc) is 3.20. The summed E-state index contributed by atoms with van der Waals surface area (Å²) in [6.07, 6.45) is -1.43. The number of nitrogens with one attached hydrogen (secondary N) is 1. The topological polar surface area (TPSA) is 41.6 Å². The van der Waals surface area contributed by atoms with Crippen molar-refractivity contribution in [2.45, 2.75) is 43.9 Å². The summed E-state index contributed by atoms with van der Waals surface area (Å²) >= 11 is 0. The summed E-state index contributed by atoms with van der Waals surface area (Å²) < 4.78 is 43.0. The zero-order valence-corrected chi connectivity index (χ0v) is 11.6. The second kappa shape index (κ2) is 6.30. The molecular formula is C13H21F3N2O2. The lowest BCUT2D eigenvalue weighted by molar-refractivity contribution is -0.187. The lowest BCUT2D eigenvalue weighted by Gasteiger charge is -2.35. The van der Waals surface area contributed by atoms with E-state index in [0.717, 1.165) is 12.8 Å². The minimum Gasteiger partial charge on any atom is -0.468 e. The van der Waals surface area contributed by atoms with Gasteiger partial charge in [0.05, 0.1) is 13.0 Å².